The van der Waals surface area contributed by atoms with Gasteiger partial charge in [0.2, 0.25) is 0 Å². The molecular weight excluding hydrogens is 365 g/mol. The first-order valence-electron chi connectivity index (χ1n) is 6.88. The zero-order valence-corrected chi connectivity index (χ0v) is 13.2. The van der Waals surface area contributed by atoms with E-state index in [-0.39, 0.29) is 16.5 Å². The molecule has 0 aliphatic carbocycles. The third kappa shape index (κ3) is 3.14. The van der Waals surface area contributed by atoms with Crippen molar-refractivity contribution in [1.82, 2.24) is 4.72 Å². The zero-order valence-electron chi connectivity index (χ0n) is 12.4. The fraction of sp³-hybridized carbons (Fsp3) is 0.214. The molecule has 1 amide bonds. The van der Waals surface area contributed by atoms with Crippen molar-refractivity contribution in [3.63, 3.8) is 0 Å². The van der Waals surface area contributed by atoms with E-state index in [1.165, 1.54) is 12.1 Å². The van der Waals surface area contributed by atoms with E-state index in [1.807, 2.05) is 0 Å². The van der Waals surface area contributed by atoms with Crippen molar-refractivity contribution in [2.24, 2.45) is 0 Å². The maximum absolute atomic E-state index is 14.8. The standard InChI is InChI=1S/C14H11F3N2O5S/c15-11(16)6-24-8-2-1-7-3-10(20)14(13(17)9(7)4-8)19-5-12(21)18-25(19,22)23/h1-4,11,20H,5-6H2,(H,18,21). The second-order valence-electron chi connectivity index (χ2n) is 5.18. The minimum absolute atomic E-state index is 0.0539. The lowest BCUT2D eigenvalue weighted by atomic mass is 10.1. The predicted octanol–water partition coefficient (Wildman–Crippen LogP) is 1.51. The predicted molar refractivity (Wildman–Crippen MR) is 81.5 cm³/mol. The molecule has 3 rings (SSSR count). The van der Waals surface area contributed by atoms with Crippen molar-refractivity contribution in [2.75, 3.05) is 17.5 Å². The van der Waals surface area contributed by atoms with Gasteiger partial charge < -0.3 is 9.84 Å². The van der Waals surface area contributed by atoms with E-state index < -0.39 is 52.9 Å². The Bertz CT molecular complexity index is 965. The van der Waals surface area contributed by atoms with Crippen LogP contribution in [0.1, 0.15) is 0 Å². The molecule has 134 valence electrons. The number of carbonyl (C=O) groups is 1. The Morgan fingerprint density at radius 3 is 2.64 bits per heavy atom. The number of phenolic OH excluding ortho intramolecular Hbond substituents is 1. The molecule has 11 heteroatoms. The molecule has 1 aliphatic heterocycles. The number of nitrogens with zero attached hydrogens (tertiary/aromatic N) is 1. The number of hydrogen-bond acceptors (Lipinski definition) is 5. The average Bonchev–Trinajstić information content (AvgIpc) is 2.78. The van der Waals surface area contributed by atoms with Crippen LogP contribution in [-0.4, -0.2) is 39.0 Å². The molecule has 0 radical (unpaired) electrons. The summed E-state index contributed by atoms with van der Waals surface area (Å²) in [5, 5.41) is 10.0. The number of anilines is 1. The van der Waals surface area contributed by atoms with Gasteiger partial charge in [-0.25, -0.2) is 22.2 Å². The van der Waals surface area contributed by atoms with Crippen LogP contribution in [0.3, 0.4) is 0 Å². The highest BCUT2D eigenvalue weighted by atomic mass is 32.2. The fourth-order valence-corrected chi connectivity index (χ4v) is 3.60. The minimum atomic E-state index is -4.33. The fourth-order valence-electron chi connectivity index (χ4n) is 2.44. The number of halogens is 3. The van der Waals surface area contributed by atoms with E-state index in [9.17, 15) is 31.5 Å². The van der Waals surface area contributed by atoms with Gasteiger partial charge in [0, 0.05) is 5.39 Å². The van der Waals surface area contributed by atoms with Crippen molar-refractivity contribution < 1.29 is 36.2 Å². The van der Waals surface area contributed by atoms with E-state index in [0.717, 1.165) is 12.1 Å². The van der Waals surface area contributed by atoms with Crippen molar-refractivity contribution in [2.45, 2.75) is 6.43 Å². The number of alkyl halides is 2. The SMILES string of the molecule is O=C1CN(c2c(O)cc3ccc(OCC(F)F)cc3c2F)S(=O)(=O)N1. The van der Waals surface area contributed by atoms with Crippen molar-refractivity contribution >= 4 is 32.6 Å². The molecule has 0 unspecified atom stereocenters. The van der Waals surface area contributed by atoms with Gasteiger partial charge in [-0.15, -0.1) is 0 Å². The maximum Gasteiger partial charge on any atom is 0.326 e. The van der Waals surface area contributed by atoms with Gasteiger partial charge in [-0.1, -0.05) is 6.07 Å². The summed E-state index contributed by atoms with van der Waals surface area (Å²) in [6, 6.07) is 4.84. The Morgan fingerprint density at radius 1 is 1.32 bits per heavy atom. The summed E-state index contributed by atoms with van der Waals surface area (Å²) in [7, 11) is -4.33. The molecule has 0 saturated carbocycles. The van der Waals surface area contributed by atoms with E-state index in [2.05, 4.69) is 0 Å². The summed E-state index contributed by atoms with van der Waals surface area (Å²) < 4.78 is 69.8. The Hall–Kier alpha value is -2.69. The third-order valence-corrected chi connectivity index (χ3v) is 4.83. The van der Waals surface area contributed by atoms with Crippen LogP contribution < -0.4 is 13.8 Å². The Labute approximate surface area is 139 Å². The van der Waals surface area contributed by atoms with Gasteiger partial charge in [0.15, 0.2) is 5.82 Å². The molecule has 1 aliphatic rings. The molecule has 25 heavy (non-hydrogen) atoms. The molecule has 2 aromatic rings. The summed E-state index contributed by atoms with van der Waals surface area (Å²) in [6.07, 6.45) is -2.72. The molecule has 0 spiro atoms. The molecule has 1 saturated heterocycles. The lowest BCUT2D eigenvalue weighted by Gasteiger charge is -2.18. The third-order valence-electron chi connectivity index (χ3n) is 3.45. The summed E-state index contributed by atoms with van der Waals surface area (Å²) >= 11 is 0. The normalized spacial score (nSPS) is 16.5. The second-order valence-corrected chi connectivity index (χ2v) is 6.78. The molecule has 7 nitrogen and oxygen atoms in total. The van der Waals surface area contributed by atoms with Gasteiger partial charge in [-0.2, -0.15) is 8.42 Å². The summed E-state index contributed by atoms with van der Waals surface area (Å²) in [4.78, 5) is 11.3. The molecule has 1 heterocycles. The first-order valence-corrected chi connectivity index (χ1v) is 8.32. The Morgan fingerprint density at radius 2 is 2.04 bits per heavy atom. The van der Waals surface area contributed by atoms with Gasteiger partial charge in [0.25, 0.3) is 12.3 Å². The van der Waals surface area contributed by atoms with E-state index in [1.54, 1.807) is 4.72 Å². The van der Waals surface area contributed by atoms with Crippen LogP contribution in [0, 0.1) is 5.82 Å². The number of hydrogen-bond donors (Lipinski definition) is 2. The van der Waals surface area contributed by atoms with Crippen molar-refractivity contribution in [3.8, 4) is 11.5 Å². The number of aromatic hydroxyl groups is 1. The maximum atomic E-state index is 14.8. The summed E-state index contributed by atoms with van der Waals surface area (Å²) in [6.45, 7) is -1.59. The van der Waals surface area contributed by atoms with Crippen LogP contribution in [0.2, 0.25) is 0 Å². The highest BCUT2D eigenvalue weighted by Crippen LogP contribution is 2.39. The van der Waals surface area contributed by atoms with Crippen LogP contribution in [0.4, 0.5) is 18.9 Å². The molecular formula is C14H11F3N2O5S. The van der Waals surface area contributed by atoms with Gasteiger partial charge >= 0.3 is 10.2 Å². The first kappa shape index (κ1) is 17.1. The topological polar surface area (TPSA) is 95.9 Å². The second kappa shape index (κ2) is 5.99. The van der Waals surface area contributed by atoms with Crippen molar-refractivity contribution in [1.29, 1.82) is 0 Å². The highest BCUT2D eigenvalue weighted by Gasteiger charge is 2.37. The lowest BCUT2D eigenvalue weighted by Crippen LogP contribution is -2.30. The summed E-state index contributed by atoms with van der Waals surface area (Å²) in [5.41, 5.74) is -0.711. The first-order chi connectivity index (χ1) is 11.7. The number of rotatable bonds is 4. The molecule has 1 fully saturated rings. The van der Waals surface area contributed by atoms with Gasteiger partial charge in [0.1, 0.15) is 30.3 Å². The van der Waals surface area contributed by atoms with Gasteiger partial charge in [-0.05, 0) is 23.6 Å². The number of benzene rings is 2. The molecule has 0 aromatic heterocycles. The number of fused-ring (bicyclic) bond motifs is 1. The Balaban J connectivity index is 2.12. The van der Waals surface area contributed by atoms with Crippen LogP contribution in [0.25, 0.3) is 10.8 Å². The molecule has 2 aromatic carbocycles. The molecule has 0 bridgehead atoms. The van der Waals surface area contributed by atoms with E-state index in [4.69, 9.17) is 4.74 Å². The average molecular weight is 376 g/mol. The van der Waals surface area contributed by atoms with E-state index in [0.29, 0.717) is 4.31 Å². The van der Waals surface area contributed by atoms with Gasteiger partial charge in [0.05, 0.1) is 0 Å². The minimum Gasteiger partial charge on any atom is -0.506 e. The van der Waals surface area contributed by atoms with Crippen LogP contribution in [-0.2, 0) is 15.0 Å². The van der Waals surface area contributed by atoms with Crippen LogP contribution in [0.15, 0.2) is 24.3 Å². The number of nitrogens with one attached hydrogen (secondary N) is 1. The van der Waals surface area contributed by atoms with Crippen LogP contribution >= 0.6 is 0 Å². The molecule has 0 atom stereocenters. The number of amides is 1. The zero-order chi connectivity index (χ0) is 18.4. The van der Waals surface area contributed by atoms with Crippen LogP contribution in [0.5, 0.6) is 11.5 Å². The van der Waals surface area contributed by atoms with E-state index >= 15 is 0 Å². The lowest BCUT2D eigenvalue weighted by molar-refractivity contribution is -0.117. The van der Waals surface area contributed by atoms with Crippen molar-refractivity contribution in [3.05, 3.63) is 30.1 Å². The highest BCUT2D eigenvalue weighted by molar-refractivity contribution is 7.92. The van der Waals surface area contributed by atoms with Gasteiger partial charge in [-0.3, -0.25) is 4.79 Å². The number of carbonyl (C=O) groups excluding carboxylic acids is 1. The Kier molecular flexibility index (Phi) is 4.11. The summed E-state index contributed by atoms with van der Waals surface area (Å²) in [5.74, 6) is -2.75. The number of ether oxygens (including phenoxy) is 1. The largest absolute Gasteiger partial charge is 0.506 e. The smallest absolute Gasteiger partial charge is 0.326 e. The quantitative estimate of drug-likeness (QED) is 0.843. The number of phenols is 1. The monoisotopic (exact) mass is 376 g/mol. The molecule has 2 N–H and O–H groups in total.